The molecule has 0 aromatic rings. The van der Waals surface area contributed by atoms with Gasteiger partial charge in [0.1, 0.15) is 6.10 Å². The van der Waals surface area contributed by atoms with Crippen LogP contribution in [0.3, 0.4) is 0 Å². The highest BCUT2D eigenvalue weighted by molar-refractivity contribution is 5.77. The minimum absolute atomic E-state index is 0.0168. The fourth-order valence-electron chi connectivity index (χ4n) is 6.69. The van der Waals surface area contributed by atoms with Crippen LogP contribution in [0.25, 0.3) is 0 Å². The van der Waals surface area contributed by atoms with Crippen molar-refractivity contribution in [3.63, 3.8) is 0 Å². The van der Waals surface area contributed by atoms with Crippen LogP contribution in [0.2, 0.25) is 0 Å². The summed E-state index contributed by atoms with van der Waals surface area (Å²) in [6.07, 6.45) is 61.9. The zero-order valence-corrected chi connectivity index (χ0v) is 38.8. The maximum Gasteiger partial charge on any atom is 0.306 e. The van der Waals surface area contributed by atoms with Crippen LogP contribution in [-0.4, -0.2) is 46.9 Å². The van der Waals surface area contributed by atoms with E-state index in [-0.39, 0.29) is 24.9 Å². The molecule has 60 heavy (non-hydrogen) atoms. The van der Waals surface area contributed by atoms with E-state index in [1.54, 1.807) is 0 Å². The molecule has 0 radical (unpaired) electrons. The zero-order valence-electron chi connectivity index (χ0n) is 38.8. The summed E-state index contributed by atoms with van der Waals surface area (Å²) in [4.78, 5) is 26.0. The Morgan fingerprint density at radius 1 is 0.517 bits per heavy atom. The van der Waals surface area contributed by atoms with E-state index >= 15 is 0 Å². The highest BCUT2D eigenvalue weighted by Crippen LogP contribution is 2.15. The third-order valence-corrected chi connectivity index (χ3v) is 10.4. The molecule has 6 heteroatoms. The van der Waals surface area contributed by atoms with Crippen LogP contribution in [0, 0.1) is 0 Å². The van der Waals surface area contributed by atoms with Gasteiger partial charge in [-0.1, -0.05) is 201 Å². The Hall–Kier alpha value is -3.22. The molecule has 0 aromatic carbocycles. The molecule has 0 aliphatic rings. The van der Waals surface area contributed by atoms with Gasteiger partial charge >= 0.3 is 5.97 Å². The Morgan fingerprint density at radius 3 is 1.43 bits per heavy atom. The van der Waals surface area contributed by atoms with Gasteiger partial charge in [0, 0.05) is 12.8 Å². The second-order valence-electron chi connectivity index (χ2n) is 16.1. The Labute approximate surface area is 369 Å². The number of hydrogen-bond acceptors (Lipinski definition) is 5. The lowest BCUT2D eigenvalue weighted by molar-refractivity contribution is -0.150. The highest BCUT2D eigenvalue weighted by Gasteiger charge is 2.23. The van der Waals surface area contributed by atoms with Gasteiger partial charge < -0.3 is 20.3 Å². The largest absolute Gasteiger partial charge is 0.461 e. The predicted octanol–water partition coefficient (Wildman–Crippen LogP) is 14.6. The third-order valence-electron chi connectivity index (χ3n) is 10.4. The number of carbonyl (C=O) groups excluding carboxylic acids is 2. The molecule has 0 fully saturated rings. The molecule has 0 aromatic heterocycles. The molecule has 6 nitrogen and oxygen atoms in total. The smallest absolute Gasteiger partial charge is 0.306 e. The third kappa shape index (κ3) is 41.5. The molecule has 0 saturated carbocycles. The fourth-order valence-corrected chi connectivity index (χ4v) is 6.69. The lowest BCUT2D eigenvalue weighted by atomic mass is 10.0. The van der Waals surface area contributed by atoms with Crippen molar-refractivity contribution < 1.29 is 24.5 Å². The van der Waals surface area contributed by atoms with E-state index in [0.717, 1.165) is 96.3 Å². The Bertz CT molecular complexity index is 1210. The van der Waals surface area contributed by atoms with Gasteiger partial charge in [0.2, 0.25) is 5.91 Å². The van der Waals surface area contributed by atoms with E-state index in [1.165, 1.54) is 64.2 Å². The van der Waals surface area contributed by atoms with Crippen molar-refractivity contribution in [2.45, 2.75) is 225 Å². The molecular weight excluding hydrogens is 743 g/mol. The first-order valence-corrected chi connectivity index (χ1v) is 24.5. The number of rotatable bonds is 42. The molecule has 1 amide bonds. The van der Waals surface area contributed by atoms with E-state index in [0.29, 0.717) is 19.3 Å². The molecule has 3 unspecified atom stereocenters. The summed E-state index contributed by atoms with van der Waals surface area (Å²) in [7, 11) is 0. The number of nitrogens with one attached hydrogen (secondary N) is 1. The summed E-state index contributed by atoms with van der Waals surface area (Å²) in [6, 6.07) is -0.742. The van der Waals surface area contributed by atoms with E-state index in [9.17, 15) is 19.8 Å². The van der Waals surface area contributed by atoms with Gasteiger partial charge in [-0.3, -0.25) is 9.59 Å². The van der Waals surface area contributed by atoms with E-state index < -0.39 is 18.2 Å². The zero-order chi connectivity index (χ0) is 43.8. The average Bonchev–Trinajstić information content (AvgIpc) is 3.24. The Kier molecular flexibility index (Phi) is 44.3. The lowest BCUT2D eigenvalue weighted by Crippen LogP contribution is -2.46. The number of allylic oxidation sites excluding steroid dienone is 15. The standard InChI is InChI=1S/C54H91NO5/c1-4-7-10-13-16-19-22-24-26-28-30-32-35-38-41-44-47-54(59)60-50(45-42-39-36-33-31-29-27-25-23-20-17-14-11-8-5-2)48-53(58)55-51(49-56)52(57)46-43-40-37-34-21-18-15-12-9-6-3/h7,10,16-17,19-20,24-27,30-33,39,42,50-52,56-57H,4-6,8-9,11-15,18,21-23,28-29,34-38,40-41,43-49H2,1-3H3,(H,55,58)/b10-7+,19-16+,20-17-,26-24+,27-25-,32-30+,33-31-,42-39-. The molecule has 0 bridgehead atoms. The summed E-state index contributed by atoms with van der Waals surface area (Å²) in [5.74, 6) is -0.623. The van der Waals surface area contributed by atoms with Gasteiger partial charge in [-0.15, -0.1) is 0 Å². The highest BCUT2D eigenvalue weighted by atomic mass is 16.5. The first-order chi connectivity index (χ1) is 29.5. The Morgan fingerprint density at radius 2 is 0.933 bits per heavy atom. The normalized spacial score (nSPS) is 14.2. The lowest BCUT2D eigenvalue weighted by Gasteiger charge is -2.24. The van der Waals surface area contributed by atoms with E-state index in [1.807, 2.05) is 12.2 Å². The topological polar surface area (TPSA) is 95.9 Å². The summed E-state index contributed by atoms with van der Waals surface area (Å²) < 4.78 is 5.84. The molecule has 0 aliphatic carbocycles. The average molecular weight is 834 g/mol. The summed E-state index contributed by atoms with van der Waals surface area (Å²) in [5, 5.41) is 23.6. The minimum Gasteiger partial charge on any atom is -0.461 e. The Balaban J connectivity index is 4.82. The number of amides is 1. The maximum absolute atomic E-state index is 13.1. The number of ether oxygens (including phenoxy) is 1. The number of esters is 1. The van der Waals surface area contributed by atoms with Crippen molar-refractivity contribution in [1.29, 1.82) is 0 Å². The quantitative estimate of drug-likeness (QED) is 0.0323. The van der Waals surface area contributed by atoms with Crippen molar-refractivity contribution in [1.82, 2.24) is 5.32 Å². The molecule has 3 N–H and O–H groups in total. The van der Waals surface area contributed by atoms with Gasteiger partial charge in [-0.2, -0.15) is 0 Å². The first-order valence-electron chi connectivity index (χ1n) is 24.5. The van der Waals surface area contributed by atoms with Gasteiger partial charge in [-0.25, -0.2) is 0 Å². The van der Waals surface area contributed by atoms with Crippen LogP contribution in [-0.2, 0) is 14.3 Å². The van der Waals surface area contributed by atoms with Crippen molar-refractivity contribution in [2.24, 2.45) is 0 Å². The van der Waals surface area contributed by atoms with Crippen LogP contribution in [0.1, 0.15) is 207 Å². The maximum atomic E-state index is 13.1. The summed E-state index contributed by atoms with van der Waals surface area (Å²) in [6.45, 7) is 6.27. The van der Waals surface area contributed by atoms with Crippen molar-refractivity contribution in [2.75, 3.05) is 6.61 Å². The number of hydrogen-bond donors (Lipinski definition) is 3. The van der Waals surface area contributed by atoms with Crippen LogP contribution in [0.5, 0.6) is 0 Å². The second kappa shape index (κ2) is 46.8. The van der Waals surface area contributed by atoms with Crippen LogP contribution in [0.15, 0.2) is 97.2 Å². The monoisotopic (exact) mass is 834 g/mol. The molecule has 3 atom stereocenters. The number of aliphatic hydroxyl groups excluding tert-OH is 2. The minimum atomic E-state index is -0.820. The fraction of sp³-hybridized carbons (Fsp3) is 0.667. The molecular formula is C54H91NO5. The van der Waals surface area contributed by atoms with Crippen LogP contribution >= 0.6 is 0 Å². The second-order valence-corrected chi connectivity index (χ2v) is 16.1. The molecule has 0 spiro atoms. The van der Waals surface area contributed by atoms with Gasteiger partial charge in [0.25, 0.3) is 0 Å². The SMILES string of the molecule is CC/C=C/C/C=C/C/C=C/C/C=C/CCCCCC(=O)OC(C/C=C\C/C=C\C/C=C\C/C=C\CCCCC)CC(=O)NC(CO)C(O)CCCCCCCCCCCC. The van der Waals surface area contributed by atoms with E-state index in [4.69, 9.17) is 4.74 Å². The number of aliphatic hydroxyl groups is 2. The summed E-state index contributed by atoms with van der Waals surface area (Å²) >= 11 is 0. The number of carbonyl (C=O) groups is 2. The molecule has 0 heterocycles. The molecule has 0 saturated heterocycles. The van der Waals surface area contributed by atoms with Gasteiger partial charge in [0.15, 0.2) is 0 Å². The summed E-state index contributed by atoms with van der Waals surface area (Å²) in [5.41, 5.74) is 0. The van der Waals surface area contributed by atoms with Crippen LogP contribution < -0.4 is 5.32 Å². The predicted molar refractivity (Wildman–Crippen MR) is 259 cm³/mol. The van der Waals surface area contributed by atoms with E-state index in [2.05, 4.69) is 111 Å². The van der Waals surface area contributed by atoms with Crippen LogP contribution in [0.4, 0.5) is 0 Å². The number of unbranched alkanes of at least 4 members (excludes halogenated alkanes) is 15. The van der Waals surface area contributed by atoms with Gasteiger partial charge in [0.05, 0.1) is 25.2 Å². The molecule has 0 rings (SSSR count). The first kappa shape index (κ1) is 56.8. The molecule has 0 aliphatic heterocycles. The van der Waals surface area contributed by atoms with Crippen molar-refractivity contribution in [3.8, 4) is 0 Å². The van der Waals surface area contributed by atoms with Crippen molar-refractivity contribution >= 4 is 11.9 Å². The molecule has 342 valence electrons. The van der Waals surface area contributed by atoms with Gasteiger partial charge in [-0.05, 0) is 83.5 Å². The van der Waals surface area contributed by atoms with Crippen molar-refractivity contribution in [3.05, 3.63) is 97.2 Å².